The average Bonchev–Trinajstić information content (AvgIpc) is 2.77. The molecule has 2 aromatic heterocycles. The lowest BCUT2D eigenvalue weighted by molar-refractivity contribution is 0.267. The third-order valence-corrected chi connectivity index (χ3v) is 3.99. The van der Waals surface area contributed by atoms with Crippen LogP contribution < -0.4 is 5.73 Å². The van der Waals surface area contributed by atoms with E-state index < -0.39 is 0 Å². The van der Waals surface area contributed by atoms with Gasteiger partial charge in [-0.3, -0.25) is 4.57 Å². The highest BCUT2D eigenvalue weighted by Gasteiger charge is 2.37. The molecule has 2 N–H and O–H groups in total. The summed E-state index contributed by atoms with van der Waals surface area (Å²) in [7, 11) is 0. The largest absolute Gasteiger partial charge is 0.369 e. The molecule has 1 atom stereocenters. The molecule has 0 amide bonds. The zero-order chi connectivity index (χ0) is 12.0. The lowest BCUT2D eigenvalue weighted by Gasteiger charge is -2.28. The maximum atomic E-state index is 6.07. The predicted octanol–water partition coefficient (Wildman–Crippen LogP) is 2.76. The molecule has 0 saturated heterocycles. The number of aromatic nitrogens is 3. The summed E-state index contributed by atoms with van der Waals surface area (Å²) in [5.74, 6) is 0.596. The first-order chi connectivity index (χ1) is 8.09. The van der Waals surface area contributed by atoms with Gasteiger partial charge < -0.3 is 5.73 Å². The SMILES string of the molecule is CC1(C)CCCC1n1c(N)nc2cccnc21. The van der Waals surface area contributed by atoms with E-state index >= 15 is 0 Å². The third kappa shape index (κ3) is 1.51. The maximum Gasteiger partial charge on any atom is 0.202 e. The average molecular weight is 230 g/mol. The summed E-state index contributed by atoms with van der Waals surface area (Å²) in [4.78, 5) is 8.83. The molecule has 0 radical (unpaired) electrons. The highest BCUT2D eigenvalue weighted by atomic mass is 15.2. The van der Waals surface area contributed by atoms with Crippen molar-refractivity contribution >= 4 is 17.1 Å². The number of pyridine rings is 1. The van der Waals surface area contributed by atoms with Gasteiger partial charge in [-0.1, -0.05) is 20.3 Å². The van der Waals surface area contributed by atoms with E-state index in [-0.39, 0.29) is 5.41 Å². The standard InChI is InChI=1S/C13H18N4/c1-13(2)7-3-6-10(13)17-11-9(16-12(17)14)5-4-8-15-11/h4-5,8,10H,3,6-7H2,1-2H3,(H2,14,16). The molecule has 3 rings (SSSR count). The van der Waals surface area contributed by atoms with Crippen molar-refractivity contribution in [1.29, 1.82) is 0 Å². The first-order valence-electron chi connectivity index (χ1n) is 6.18. The number of anilines is 1. The maximum absolute atomic E-state index is 6.07. The minimum absolute atomic E-state index is 0.277. The Morgan fingerprint density at radius 1 is 1.47 bits per heavy atom. The molecule has 90 valence electrons. The van der Waals surface area contributed by atoms with Gasteiger partial charge in [0.25, 0.3) is 0 Å². The van der Waals surface area contributed by atoms with Crippen LogP contribution in [0.5, 0.6) is 0 Å². The van der Waals surface area contributed by atoms with Gasteiger partial charge in [-0.25, -0.2) is 9.97 Å². The van der Waals surface area contributed by atoms with Crippen LogP contribution in [0.15, 0.2) is 18.3 Å². The molecule has 1 saturated carbocycles. The Hall–Kier alpha value is -1.58. The summed E-state index contributed by atoms with van der Waals surface area (Å²) in [6, 6.07) is 4.29. The predicted molar refractivity (Wildman–Crippen MR) is 68.6 cm³/mol. The summed E-state index contributed by atoms with van der Waals surface area (Å²) in [5, 5.41) is 0. The Morgan fingerprint density at radius 3 is 3.00 bits per heavy atom. The molecular formula is C13H18N4. The zero-order valence-corrected chi connectivity index (χ0v) is 10.3. The van der Waals surface area contributed by atoms with Crippen LogP contribution in [0.4, 0.5) is 5.95 Å². The molecule has 0 spiro atoms. The quantitative estimate of drug-likeness (QED) is 0.819. The molecule has 1 aliphatic carbocycles. The summed E-state index contributed by atoms with van der Waals surface area (Å²) in [6.07, 6.45) is 5.47. The number of imidazole rings is 1. The molecule has 17 heavy (non-hydrogen) atoms. The Morgan fingerprint density at radius 2 is 2.29 bits per heavy atom. The van der Waals surface area contributed by atoms with Crippen LogP contribution in [0.2, 0.25) is 0 Å². The number of nitrogens with two attached hydrogens (primary N) is 1. The highest BCUT2D eigenvalue weighted by Crippen LogP contribution is 2.47. The second-order valence-electron chi connectivity index (χ2n) is 5.58. The molecular weight excluding hydrogens is 212 g/mol. The zero-order valence-electron chi connectivity index (χ0n) is 10.3. The van der Waals surface area contributed by atoms with Crippen molar-refractivity contribution in [3.8, 4) is 0 Å². The minimum atomic E-state index is 0.277. The first kappa shape index (κ1) is 10.6. The molecule has 4 heteroatoms. The minimum Gasteiger partial charge on any atom is -0.369 e. The normalized spacial score (nSPS) is 23.3. The van der Waals surface area contributed by atoms with E-state index in [0.29, 0.717) is 12.0 Å². The van der Waals surface area contributed by atoms with Crippen molar-refractivity contribution in [3.05, 3.63) is 18.3 Å². The molecule has 4 nitrogen and oxygen atoms in total. The summed E-state index contributed by atoms with van der Waals surface area (Å²) < 4.78 is 2.13. The molecule has 2 aromatic rings. The Balaban J connectivity index is 2.20. The van der Waals surface area contributed by atoms with Gasteiger partial charge in [0.1, 0.15) is 5.52 Å². The van der Waals surface area contributed by atoms with Crippen molar-refractivity contribution in [1.82, 2.24) is 14.5 Å². The Labute approximate surface area is 101 Å². The summed E-state index contributed by atoms with van der Waals surface area (Å²) in [6.45, 7) is 4.61. The number of hydrogen-bond donors (Lipinski definition) is 1. The number of nitrogen functional groups attached to an aromatic ring is 1. The highest BCUT2D eigenvalue weighted by molar-refractivity contribution is 5.74. The number of hydrogen-bond acceptors (Lipinski definition) is 3. The van der Waals surface area contributed by atoms with Gasteiger partial charge in [0.2, 0.25) is 5.95 Å². The van der Waals surface area contributed by atoms with Gasteiger partial charge in [-0.15, -0.1) is 0 Å². The second-order valence-corrected chi connectivity index (χ2v) is 5.58. The van der Waals surface area contributed by atoms with E-state index in [9.17, 15) is 0 Å². The molecule has 1 fully saturated rings. The van der Waals surface area contributed by atoms with Crippen LogP contribution in [-0.2, 0) is 0 Å². The molecule has 0 bridgehead atoms. The van der Waals surface area contributed by atoms with Gasteiger partial charge in [-0.05, 0) is 30.4 Å². The van der Waals surface area contributed by atoms with E-state index in [1.807, 2.05) is 18.3 Å². The van der Waals surface area contributed by atoms with Crippen molar-refractivity contribution < 1.29 is 0 Å². The van der Waals surface area contributed by atoms with Gasteiger partial charge in [0.05, 0.1) is 0 Å². The van der Waals surface area contributed by atoms with Gasteiger partial charge >= 0.3 is 0 Å². The molecule has 0 aliphatic heterocycles. The Kier molecular flexibility index (Phi) is 2.15. The van der Waals surface area contributed by atoms with E-state index in [1.54, 1.807) is 0 Å². The van der Waals surface area contributed by atoms with Crippen molar-refractivity contribution in [2.75, 3.05) is 5.73 Å². The van der Waals surface area contributed by atoms with Crippen LogP contribution in [0, 0.1) is 5.41 Å². The second kappa shape index (κ2) is 3.45. The van der Waals surface area contributed by atoms with Crippen LogP contribution in [0.25, 0.3) is 11.2 Å². The summed E-state index contributed by atoms with van der Waals surface area (Å²) in [5.41, 5.74) is 8.16. The van der Waals surface area contributed by atoms with Crippen LogP contribution in [0.1, 0.15) is 39.2 Å². The van der Waals surface area contributed by atoms with Crippen LogP contribution >= 0.6 is 0 Å². The van der Waals surface area contributed by atoms with Crippen LogP contribution in [-0.4, -0.2) is 14.5 Å². The van der Waals surface area contributed by atoms with E-state index in [2.05, 4.69) is 28.4 Å². The van der Waals surface area contributed by atoms with E-state index in [4.69, 9.17) is 5.73 Å². The number of nitrogens with zero attached hydrogens (tertiary/aromatic N) is 3. The molecule has 1 aliphatic rings. The van der Waals surface area contributed by atoms with Gasteiger partial charge in [0.15, 0.2) is 5.65 Å². The van der Waals surface area contributed by atoms with Crippen molar-refractivity contribution in [2.24, 2.45) is 5.41 Å². The van der Waals surface area contributed by atoms with Gasteiger partial charge in [0, 0.05) is 12.2 Å². The molecule has 1 unspecified atom stereocenters. The summed E-state index contributed by atoms with van der Waals surface area (Å²) >= 11 is 0. The third-order valence-electron chi connectivity index (χ3n) is 3.99. The monoisotopic (exact) mass is 230 g/mol. The number of rotatable bonds is 1. The van der Waals surface area contributed by atoms with E-state index in [1.165, 1.54) is 19.3 Å². The fourth-order valence-corrected chi connectivity index (χ4v) is 3.04. The lowest BCUT2D eigenvalue weighted by atomic mass is 9.87. The fraction of sp³-hybridized carbons (Fsp3) is 0.538. The van der Waals surface area contributed by atoms with Crippen molar-refractivity contribution in [3.63, 3.8) is 0 Å². The topological polar surface area (TPSA) is 56.7 Å². The first-order valence-corrected chi connectivity index (χ1v) is 6.18. The van der Waals surface area contributed by atoms with Crippen molar-refractivity contribution in [2.45, 2.75) is 39.2 Å². The fourth-order valence-electron chi connectivity index (χ4n) is 3.04. The number of fused-ring (bicyclic) bond motifs is 1. The molecule has 2 heterocycles. The lowest BCUT2D eigenvalue weighted by Crippen LogP contribution is -2.23. The smallest absolute Gasteiger partial charge is 0.202 e. The Bertz CT molecular complexity index is 556. The van der Waals surface area contributed by atoms with E-state index in [0.717, 1.165) is 11.2 Å². The molecule has 0 aromatic carbocycles. The van der Waals surface area contributed by atoms with Crippen LogP contribution in [0.3, 0.4) is 0 Å². The van der Waals surface area contributed by atoms with Gasteiger partial charge in [-0.2, -0.15) is 0 Å².